The molecule has 0 spiro atoms. The molecule has 0 radical (unpaired) electrons. The van der Waals surface area contributed by atoms with Gasteiger partial charge in [-0.2, -0.15) is 0 Å². The van der Waals surface area contributed by atoms with E-state index in [4.69, 9.17) is 0 Å². The zero-order valence-electron chi connectivity index (χ0n) is 12.3. The predicted octanol–water partition coefficient (Wildman–Crippen LogP) is 4.40. The van der Waals surface area contributed by atoms with E-state index in [0.29, 0.717) is 0 Å². The molecule has 0 saturated heterocycles. The Morgan fingerprint density at radius 1 is 0.818 bits per heavy atom. The van der Waals surface area contributed by atoms with E-state index in [1.165, 1.54) is 11.1 Å². The van der Waals surface area contributed by atoms with Crippen molar-refractivity contribution in [3.8, 4) is 16.8 Å². The molecular formula is C19H15N3. The molecule has 0 aliphatic carbocycles. The van der Waals surface area contributed by atoms with Crippen LogP contribution in [0.5, 0.6) is 0 Å². The maximum absolute atomic E-state index is 4.50. The summed E-state index contributed by atoms with van der Waals surface area (Å²) in [5, 5.41) is 0. The third kappa shape index (κ3) is 2.17. The molecule has 0 unspecified atom stereocenters. The Morgan fingerprint density at radius 2 is 1.59 bits per heavy atom. The third-order valence-electron chi connectivity index (χ3n) is 3.87. The molecule has 4 aromatic rings. The second kappa shape index (κ2) is 5.11. The van der Waals surface area contributed by atoms with Gasteiger partial charge in [0.15, 0.2) is 0 Å². The molecule has 0 fully saturated rings. The maximum Gasteiger partial charge on any atom is 0.100 e. The van der Waals surface area contributed by atoms with E-state index in [9.17, 15) is 0 Å². The topological polar surface area (TPSA) is 30.7 Å². The molecule has 2 heterocycles. The van der Waals surface area contributed by atoms with Gasteiger partial charge in [-0.3, -0.25) is 9.55 Å². The summed E-state index contributed by atoms with van der Waals surface area (Å²) >= 11 is 0. The van der Waals surface area contributed by atoms with Crippen molar-refractivity contribution >= 4 is 11.0 Å². The fourth-order valence-electron chi connectivity index (χ4n) is 2.64. The molecule has 106 valence electrons. The van der Waals surface area contributed by atoms with Crippen LogP contribution >= 0.6 is 0 Å². The summed E-state index contributed by atoms with van der Waals surface area (Å²) in [7, 11) is 0. The smallest absolute Gasteiger partial charge is 0.100 e. The van der Waals surface area contributed by atoms with Crippen molar-refractivity contribution in [3.05, 3.63) is 78.9 Å². The lowest BCUT2D eigenvalue weighted by Crippen LogP contribution is -1.92. The molecule has 0 N–H and O–H groups in total. The fraction of sp³-hybridized carbons (Fsp3) is 0.0526. The largest absolute Gasteiger partial charge is 0.299 e. The molecule has 4 rings (SSSR count). The average Bonchev–Trinajstić information content (AvgIpc) is 2.99. The fourth-order valence-corrected chi connectivity index (χ4v) is 2.64. The van der Waals surface area contributed by atoms with Gasteiger partial charge < -0.3 is 0 Å². The summed E-state index contributed by atoms with van der Waals surface area (Å²) < 4.78 is 2.12. The lowest BCUT2D eigenvalue weighted by Gasteiger charge is -2.06. The van der Waals surface area contributed by atoms with Crippen LogP contribution in [0.1, 0.15) is 5.56 Å². The van der Waals surface area contributed by atoms with Crippen molar-refractivity contribution in [1.82, 2.24) is 14.5 Å². The van der Waals surface area contributed by atoms with Gasteiger partial charge in [-0.15, -0.1) is 0 Å². The number of pyridine rings is 1. The Hall–Kier alpha value is -2.94. The SMILES string of the molecule is Cc1ccc(-n2cnc3ccc(-c4ccncc4)cc32)cc1. The number of benzene rings is 2. The summed E-state index contributed by atoms with van der Waals surface area (Å²) in [4.78, 5) is 8.58. The van der Waals surface area contributed by atoms with E-state index in [2.05, 4.69) is 63.9 Å². The van der Waals surface area contributed by atoms with Crippen molar-refractivity contribution < 1.29 is 0 Å². The average molecular weight is 285 g/mol. The van der Waals surface area contributed by atoms with Gasteiger partial charge in [0.2, 0.25) is 0 Å². The van der Waals surface area contributed by atoms with Crippen LogP contribution in [0.4, 0.5) is 0 Å². The lowest BCUT2D eigenvalue weighted by atomic mass is 10.1. The number of imidazole rings is 1. The number of nitrogens with zero attached hydrogens (tertiary/aromatic N) is 3. The van der Waals surface area contributed by atoms with Crippen molar-refractivity contribution in [3.63, 3.8) is 0 Å². The first-order valence-corrected chi connectivity index (χ1v) is 7.26. The van der Waals surface area contributed by atoms with Gasteiger partial charge in [-0.05, 0) is 54.4 Å². The van der Waals surface area contributed by atoms with Crippen LogP contribution in [-0.4, -0.2) is 14.5 Å². The van der Waals surface area contributed by atoms with Crippen LogP contribution in [0.3, 0.4) is 0 Å². The first kappa shape index (κ1) is 12.8. The van der Waals surface area contributed by atoms with Gasteiger partial charge in [0.05, 0.1) is 11.0 Å². The molecule has 2 aromatic heterocycles. The second-order valence-electron chi connectivity index (χ2n) is 5.39. The van der Waals surface area contributed by atoms with Gasteiger partial charge in [0.1, 0.15) is 6.33 Å². The summed E-state index contributed by atoms with van der Waals surface area (Å²) in [5.41, 5.74) is 6.82. The number of fused-ring (bicyclic) bond motifs is 1. The molecule has 0 saturated carbocycles. The molecule has 2 aromatic carbocycles. The number of hydrogen-bond donors (Lipinski definition) is 0. The summed E-state index contributed by atoms with van der Waals surface area (Å²) in [6.07, 6.45) is 5.51. The number of hydrogen-bond acceptors (Lipinski definition) is 2. The minimum absolute atomic E-state index is 0.999. The van der Waals surface area contributed by atoms with Crippen molar-refractivity contribution in [2.75, 3.05) is 0 Å². The van der Waals surface area contributed by atoms with E-state index in [1.54, 1.807) is 0 Å². The molecule has 22 heavy (non-hydrogen) atoms. The lowest BCUT2D eigenvalue weighted by molar-refractivity contribution is 1.09. The van der Waals surface area contributed by atoms with E-state index < -0.39 is 0 Å². The molecule has 0 aliphatic rings. The zero-order valence-corrected chi connectivity index (χ0v) is 12.3. The molecular weight excluding hydrogens is 270 g/mol. The standard InChI is InChI=1S/C19H15N3/c1-14-2-5-17(6-3-14)22-13-21-18-7-4-16(12-19(18)22)15-8-10-20-11-9-15/h2-13H,1H3. The number of rotatable bonds is 2. The highest BCUT2D eigenvalue weighted by molar-refractivity contribution is 5.83. The van der Waals surface area contributed by atoms with Gasteiger partial charge in [0.25, 0.3) is 0 Å². The highest BCUT2D eigenvalue weighted by Gasteiger charge is 2.06. The Bertz CT molecular complexity index is 922. The Morgan fingerprint density at radius 3 is 2.36 bits per heavy atom. The van der Waals surface area contributed by atoms with Crippen LogP contribution in [0.25, 0.3) is 27.8 Å². The number of aromatic nitrogens is 3. The van der Waals surface area contributed by atoms with Crippen LogP contribution in [0.15, 0.2) is 73.3 Å². The van der Waals surface area contributed by atoms with Crippen LogP contribution in [-0.2, 0) is 0 Å². The van der Waals surface area contributed by atoms with Gasteiger partial charge >= 0.3 is 0 Å². The third-order valence-corrected chi connectivity index (χ3v) is 3.87. The van der Waals surface area contributed by atoms with Crippen molar-refractivity contribution in [2.45, 2.75) is 6.92 Å². The molecule has 0 aliphatic heterocycles. The minimum Gasteiger partial charge on any atom is -0.299 e. The van der Waals surface area contributed by atoms with Gasteiger partial charge in [-0.25, -0.2) is 4.98 Å². The zero-order chi connectivity index (χ0) is 14.9. The van der Waals surface area contributed by atoms with Gasteiger partial charge in [-0.1, -0.05) is 23.8 Å². The first-order valence-electron chi connectivity index (χ1n) is 7.26. The molecule has 0 atom stereocenters. The van der Waals surface area contributed by atoms with Crippen LogP contribution in [0.2, 0.25) is 0 Å². The molecule has 0 amide bonds. The van der Waals surface area contributed by atoms with E-state index in [0.717, 1.165) is 22.3 Å². The van der Waals surface area contributed by atoms with E-state index >= 15 is 0 Å². The molecule has 3 nitrogen and oxygen atoms in total. The van der Waals surface area contributed by atoms with Crippen LogP contribution in [0, 0.1) is 6.92 Å². The minimum atomic E-state index is 0.999. The number of aryl methyl sites for hydroxylation is 1. The Balaban J connectivity index is 1.88. The maximum atomic E-state index is 4.50. The Kier molecular flexibility index (Phi) is 2.97. The highest BCUT2D eigenvalue weighted by atomic mass is 15.0. The van der Waals surface area contributed by atoms with Crippen molar-refractivity contribution in [1.29, 1.82) is 0 Å². The second-order valence-corrected chi connectivity index (χ2v) is 5.39. The van der Waals surface area contributed by atoms with E-state index in [-0.39, 0.29) is 0 Å². The monoisotopic (exact) mass is 285 g/mol. The molecule has 3 heteroatoms. The quantitative estimate of drug-likeness (QED) is 0.546. The first-order chi connectivity index (χ1) is 10.8. The highest BCUT2D eigenvalue weighted by Crippen LogP contribution is 2.25. The predicted molar refractivity (Wildman–Crippen MR) is 89.0 cm³/mol. The van der Waals surface area contributed by atoms with Gasteiger partial charge in [0, 0.05) is 18.1 Å². The van der Waals surface area contributed by atoms with E-state index in [1.807, 2.05) is 30.9 Å². The summed E-state index contributed by atoms with van der Waals surface area (Å²) in [6, 6.07) is 18.9. The normalized spacial score (nSPS) is 11.0. The Labute approximate surface area is 128 Å². The summed E-state index contributed by atoms with van der Waals surface area (Å²) in [6.45, 7) is 2.09. The summed E-state index contributed by atoms with van der Waals surface area (Å²) in [5.74, 6) is 0. The molecule has 0 bridgehead atoms. The van der Waals surface area contributed by atoms with Crippen molar-refractivity contribution in [2.24, 2.45) is 0 Å². The van der Waals surface area contributed by atoms with Crippen LogP contribution < -0.4 is 0 Å².